The first-order valence-corrected chi connectivity index (χ1v) is 11.1. The van der Waals surface area contributed by atoms with Gasteiger partial charge in [0.2, 0.25) is 10.0 Å². The minimum absolute atomic E-state index is 0.421. The summed E-state index contributed by atoms with van der Waals surface area (Å²) in [5.41, 5.74) is 4.29. The first-order valence-electron chi connectivity index (χ1n) is 9.24. The molecule has 0 spiro atoms. The molecule has 29 heavy (non-hydrogen) atoms. The Morgan fingerprint density at radius 2 is 2.00 bits per heavy atom. The maximum atomic E-state index is 11.5. The molecule has 1 aromatic carbocycles. The summed E-state index contributed by atoms with van der Waals surface area (Å²) in [6.45, 7) is 0.732. The topological polar surface area (TPSA) is 96.9 Å². The SMILES string of the molecule is CS(=O)(=O)Nc1cncc(-c2ccc3ncnc(NCC4=CC=CCC4)c3c2)c1. The van der Waals surface area contributed by atoms with E-state index in [4.69, 9.17) is 0 Å². The standard InChI is InChI=1S/C21H21N5O2S/c1-29(27,28)26-18-9-17(12-22-13-18)16-7-8-20-19(10-16)21(25-14-24-20)23-11-15-5-3-2-4-6-15/h2-3,5,7-10,12-14,26H,4,6,11H2,1H3,(H,23,24,25). The molecular formula is C21H21N5O2S. The van der Waals surface area contributed by atoms with E-state index in [-0.39, 0.29) is 0 Å². The molecule has 0 amide bonds. The third kappa shape index (κ3) is 4.78. The molecule has 2 aromatic heterocycles. The molecule has 0 radical (unpaired) electrons. The van der Waals surface area contributed by atoms with Gasteiger partial charge in [-0.15, -0.1) is 0 Å². The van der Waals surface area contributed by atoms with Gasteiger partial charge in [0.05, 0.1) is 23.7 Å². The average molecular weight is 407 g/mol. The van der Waals surface area contributed by atoms with Gasteiger partial charge in [0.15, 0.2) is 0 Å². The highest BCUT2D eigenvalue weighted by Crippen LogP contribution is 2.28. The molecule has 7 nitrogen and oxygen atoms in total. The van der Waals surface area contributed by atoms with Crippen LogP contribution in [0, 0.1) is 0 Å². The van der Waals surface area contributed by atoms with Crippen molar-refractivity contribution >= 4 is 32.4 Å². The molecule has 0 unspecified atom stereocenters. The molecule has 0 bridgehead atoms. The summed E-state index contributed by atoms with van der Waals surface area (Å²) in [6, 6.07) is 7.62. The first-order chi connectivity index (χ1) is 14.0. The Hall–Kier alpha value is -3.26. The average Bonchev–Trinajstić information content (AvgIpc) is 2.71. The number of sulfonamides is 1. The molecule has 4 rings (SSSR count). The summed E-state index contributed by atoms with van der Waals surface area (Å²) in [4.78, 5) is 12.9. The molecule has 148 valence electrons. The Bertz CT molecular complexity index is 1220. The number of pyridine rings is 1. The number of aromatic nitrogens is 3. The predicted octanol–water partition coefficient (Wildman–Crippen LogP) is 3.75. The molecule has 1 aliphatic rings. The molecule has 0 saturated carbocycles. The van der Waals surface area contributed by atoms with E-state index >= 15 is 0 Å². The van der Waals surface area contributed by atoms with Crippen molar-refractivity contribution in [2.45, 2.75) is 12.8 Å². The fourth-order valence-electron chi connectivity index (χ4n) is 3.24. The Balaban J connectivity index is 1.66. The third-order valence-electron chi connectivity index (χ3n) is 4.59. The summed E-state index contributed by atoms with van der Waals surface area (Å²) in [5, 5.41) is 4.32. The van der Waals surface area contributed by atoms with Crippen molar-refractivity contribution in [2.75, 3.05) is 22.8 Å². The highest BCUT2D eigenvalue weighted by atomic mass is 32.2. The van der Waals surface area contributed by atoms with Crippen LogP contribution in [0.2, 0.25) is 0 Å². The van der Waals surface area contributed by atoms with Crippen LogP contribution in [0.5, 0.6) is 0 Å². The zero-order chi connectivity index (χ0) is 20.3. The smallest absolute Gasteiger partial charge is 0.229 e. The van der Waals surface area contributed by atoms with Crippen molar-refractivity contribution in [3.8, 4) is 11.1 Å². The Morgan fingerprint density at radius 3 is 2.79 bits per heavy atom. The van der Waals surface area contributed by atoms with Gasteiger partial charge in [0.1, 0.15) is 12.1 Å². The number of nitrogens with zero attached hydrogens (tertiary/aromatic N) is 3. The number of nitrogens with one attached hydrogen (secondary N) is 2. The van der Waals surface area contributed by atoms with Gasteiger partial charge in [-0.3, -0.25) is 9.71 Å². The quantitative estimate of drug-likeness (QED) is 0.646. The van der Waals surface area contributed by atoms with Gasteiger partial charge in [0.25, 0.3) is 0 Å². The van der Waals surface area contributed by atoms with Gasteiger partial charge in [-0.2, -0.15) is 0 Å². The van der Waals surface area contributed by atoms with Gasteiger partial charge >= 0.3 is 0 Å². The first kappa shape index (κ1) is 19.1. The van der Waals surface area contributed by atoms with Gasteiger partial charge in [-0.25, -0.2) is 18.4 Å². The van der Waals surface area contributed by atoms with Crippen LogP contribution in [0.4, 0.5) is 11.5 Å². The number of rotatable bonds is 6. The second-order valence-electron chi connectivity index (χ2n) is 6.94. The molecule has 0 atom stereocenters. The summed E-state index contributed by atoms with van der Waals surface area (Å²) in [5.74, 6) is 0.769. The van der Waals surface area contributed by atoms with Crippen molar-refractivity contribution in [3.05, 3.63) is 66.8 Å². The van der Waals surface area contributed by atoms with Gasteiger partial charge in [-0.05, 0) is 36.6 Å². The minimum Gasteiger partial charge on any atom is -0.366 e. The second kappa shape index (κ2) is 8.00. The van der Waals surface area contributed by atoms with E-state index in [2.05, 4.69) is 43.2 Å². The summed E-state index contributed by atoms with van der Waals surface area (Å²) in [7, 11) is -3.37. The lowest BCUT2D eigenvalue weighted by Gasteiger charge is -2.13. The molecule has 0 fully saturated rings. The predicted molar refractivity (Wildman–Crippen MR) is 116 cm³/mol. The lowest BCUT2D eigenvalue weighted by Crippen LogP contribution is -2.09. The molecular weight excluding hydrogens is 386 g/mol. The number of hydrogen-bond acceptors (Lipinski definition) is 6. The lowest BCUT2D eigenvalue weighted by molar-refractivity contribution is 0.607. The number of fused-ring (bicyclic) bond motifs is 1. The van der Waals surface area contributed by atoms with Crippen molar-refractivity contribution in [2.24, 2.45) is 0 Å². The zero-order valence-electron chi connectivity index (χ0n) is 16.0. The van der Waals surface area contributed by atoms with Gasteiger partial charge < -0.3 is 5.32 Å². The molecule has 2 N–H and O–H groups in total. The van der Waals surface area contributed by atoms with Crippen LogP contribution < -0.4 is 10.0 Å². The second-order valence-corrected chi connectivity index (χ2v) is 8.68. The van der Waals surface area contributed by atoms with Crippen molar-refractivity contribution in [1.29, 1.82) is 0 Å². The largest absolute Gasteiger partial charge is 0.366 e. The highest BCUT2D eigenvalue weighted by molar-refractivity contribution is 7.92. The molecule has 0 saturated heterocycles. The Labute approximate surface area is 169 Å². The summed E-state index contributed by atoms with van der Waals surface area (Å²) >= 11 is 0. The number of benzene rings is 1. The monoisotopic (exact) mass is 407 g/mol. The summed E-state index contributed by atoms with van der Waals surface area (Å²) < 4.78 is 25.5. The number of allylic oxidation sites excluding steroid dienone is 3. The maximum absolute atomic E-state index is 11.5. The van der Waals surface area contributed by atoms with E-state index in [1.165, 1.54) is 11.8 Å². The fourth-order valence-corrected chi connectivity index (χ4v) is 3.78. The normalized spacial score (nSPS) is 13.9. The molecule has 0 aliphatic heterocycles. The van der Waals surface area contributed by atoms with Crippen molar-refractivity contribution in [1.82, 2.24) is 15.0 Å². The van der Waals surface area contributed by atoms with Crippen LogP contribution >= 0.6 is 0 Å². The molecule has 8 heteroatoms. The summed E-state index contributed by atoms with van der Waals surface area (Å²) in [6.07, 6.45) is 14.3. The van der Waals surface area contributed by atoms with Crippen molar-refractivity contribution < 1.29 is 8.42 Å². The van der Waals surface area contributed by atoms with E-state index < -0.39 is 10.0 Å². The minimum atomic E-state index is -3.37. The Kier molecular flexibility index (Phi) is 5.26. The highest BCUT2D eigenvalue weighted by Gasteiger charge is 2.09. The molecule has 3 aromatic rings. The third-order valence-corrected chi connectivity index (χ3v) is 5.20. The molecule has 2 heterocycles. The lowest BCUT2D eigenvalue weighted by atomic mass is 10.0. The van der Waals surface area contributed by atoms with Crippen LogP contribution in [0.3, 0.4) is 0 Å². The van der Waals surface area contributed by atoms with Crippen LogP contribution in [0.25, 0.3) is 22.0 Å². The van der Waals surface area contributed by atoms with E-state index in [0.29, 0.717) is 5.69 Å². The molecule has 1 aliphatic carbocycles. The van der Waals surface area contributed by atoms with E-state index in [0.717, 1.165) is 53.5 Å². The van der Waals surface area contributed by atoms with Gasteiger partial charge in [-0.1, -0.05) is 29.9 Å². The Morgan fingerprint density at radius 1 is 1.10 bits per heavy atom. The van der Waals surface area contributed by atoms with Crippen LogP contribution in [0.1, 0.15) is 12.8 Å². The van der Waals surface area contributed by atoms with E-state index in [1.807, 2.05) is 18.2 Å². The zero-order valence-corrected chi connectivity index (χ0v) is 16.8. The van der Waals surface area contributed by atoms with Gasteiger partial charge in [0, 0.05) is 23.7 Å². The van der Waals surface area contributed by atoms with Crippen LogP contribution in [0.15, 0.2) is 66.8 Å². The maximum Gasteiger partial charge on any atom is 0.229 e. The number of anilines is 2. The number of hydrogen-bond donors (Lipinski definition) is 2. The fraction of sp³-hybridized carbons (Fsp3) is 0.190. The van der Waals surface area contributed by atoms with Crippen molar-refractivity contribution in [3.63, 3.8) is 0 Å². The van der Waals surface area contributed by atoms with Crippen LogP contribution in [-0.4, -0.2) is 36.2 Å². The van der Waals surface area contributed by atoms with E-state index in [9.17, 15) is 8.42 Å². The van der Waals surface area contributed by atoms with E-state index in [1.54, 1.807) is 18.6 Å². The van der Waals surface area contributed by atoms with Crippen LogP contribution in [-0.2, 0) is 10.0 Å².